The van der Waals surface area contributed by atoms with Gasteiger partial charge in [0.05, 0.1) is 5.69 Å². The summed E-state index contributed by atoms with van der Waals surface area (Å²) in [5.74, 6) is -1.69. The summed E-state index contributed by atoms with van der Waals surface area (Å²) in [6, 6.07) is 9.42. The molecule has 0 amide bonds. The Labute approximate surface area is 96.9 Å². The van der Waals surface area contributed by atoms with Crippen molar-refractivity contribution in [3.8, 4) is 0 Å². The first kappa shape index (κ1) is 11.5. The van der Waals surface area contributed by atoms with E-state index in [1.54, 1.807) is 18.2 Å². The summed E-state index contributed by atoms with van der Waals surface area (Å²) >= 11 is 0. The van der Waals surface area contributed by atoms with Crippen LogP contribution in [0.3, 0.4) is 0 Å². The minimum absolute atomic E-state index is 0.148. The van der Waals surface area contributed by atoms with Crippen molar-refractivity contribution in [3.63, 3.8) is 0 Å². The molecular weight excluding hydrogens is 227 g/mol. The summed E-state index contributed by atoms with van der Waals surface area (Å²) in [6.07, 6.45) is 0. The minimum Gasteiger partial charge on any atom is -0.378 e. The molecule has 2 aromatic rings. The quantitative estimate of drug-likeness (QED) is 0.857. The summed E-state index contributed by atoms with van der Waals surface area (Å²) in [5.41, 5.74) is 0.575. The van der Waals surface area contributed by atoms with E-state index in [0.29, 0.717) is 5.56 Å². The van der Waals surface area contributed by atoms with Gasteiger partial charge in [-0.2, -0.15) is 0 Å². The molecule has 17 heavy (non-hydrogen) atoms. The van der Waals surface area contributed by atoms with Gasteiger partial charge in [-0.3, -0.25) is 0 Å². The predicted octanol–water partition coefficient (Wildman–Crippen LogP) is 3.72. The highest BCUT2D eigenvalue weighted by Crippen LogP contribution is 2.16. The number of benzene rings is 2. The maximum atomic E-state index is 13.3. The van der Waals surface area contributed by atoms with Gasteiger partial charge in [0.15, 0.2) is 0 Å². The zero-order valence-electron chi connectivity index (χ0n) is 8.88. The average molecular weight is 237 g/mol. The van der Waals surface area contributed by atoms with Gasteiger partial charge >= 0.3 is 0 Å². The normalized spacial score (nSPS) is 10.3. The molecule has 0 atom stereocenters. The third-order valence-corrected chi connectivity index (χ3v) is 2.36. The van der Waals surface area contributed by atoms with Gasteiger partial charge in [-0.25, -0.2) is 13.2 Å². The van der Waals surface area contributed by atoms with E-state index in [1.165, 1.54) is 12.1 Å². The van der Waals surface area contributed by atoms with Crippen LogP contribution in [0.2, 0.25) is 0 Å². The third kappa shape index (κ3) is 2.78. The Hall–Kier alpha value is -1.97. The van der Waals surface area contributed by atoms with Gasteiger partial charge in [0, 0.05) is 18.2 Å². The second-order valence-electron chi connectivity index (χ2n) is 3.57. The number of anilines is 1. The molecule has 0 radical (unpaired) electrons. The summed E-state index contributed by atoms with van der Waals surface area (Å²) in [6.45, 7) is 0.148. The highest BCUT2D eigenvalue weighted by Gasteiger charge is 2.05. The van der Waals surface area contributed by atoms with E-state index in [2.05, 4.69) is 5.32 Å². The van der Waals surface area contributed by atoms with E-state index >= 15 is 0 Å². The van der Waals surface area contributed by atoms with E-state index in [-0.39, 0.29) is 18.0 Å². The Balaban J connectivity index is 2.10. The largest absolute Gasteiger partial charge is 0.378 e. The Morgan fingerprint density at radius 2 is 1.65 bits per heavy atom. The van der Waals surface area contributed by atoms with Gasteiger partial charge in [0.1, 0.15) is 17.5 Å². The molecule has 0 aliphatic rings. The molecule has 2 aromatic carbocycles. The fourth-order valence-corrected chi connectivity index (χ4v) is 1.47. The zero-order valence-corrected chi connectivity index (χ0v) is 8.88. The predicted molar refractivity (Wildman–Crippen MR) is 60.1 cm³/mol. The second-order valence-corrected chi connectivity index (χ2v) is 3.57. The molecule has 0 aromatic heterocycles. The van der Waals surface area contributed by atoms with Crippen LogP contribution in [0.25, 0.3) is 0 Å². The van der Waals surface area contributed by atoms with Gasteiger partial charge < -0.3 is 5.32 Å². The molecule has 0 spiro atoms. The number of rotatable bonds is 3. The molecule has 0 fully saturated rings. The van der Waals surface area contributed by atoms with Crippen molar-refractivity contribution in [2.45, 2.75) is 6.54 Å². The summed E-state index contributed by atoms with van der Waals surface area (Å²) < 4.78 is 39.2. The van der Waals surface area contributed by atoms with Crippen LogP contribution >= 0.6 is 0 Å². The third-order valence-electron chi connectivity index (χ3n) is 2.36. The smallest absolute Gasteiger partial charge is 0.149 e. The highest BCUT2D eigenvalue weighted by molar-refractivity contribution is 5.45. The molecule has 2 rings (SSSR count). The summed E-state index contributed by atoms with van der Waals surface area (Å²) in [5, 5.41) is 2.72. The van der Waals surface area contributed by atoms with E-state index in [0.717, 1.165) is 12.1 Å². The molecular formula is C13H10F3N. The molecule has 0 bridgehead atoms. The van der Waals surface area contributed by atoms with Gasteiger partial charge in [-0.15, -0.1) is 0 Å². The van der Waals surface area contributed by atoms with Crippen molar-refractivity contribution >= 4 is 5.69 Å². The van der Waals surface area contributed by atoms with Crippen LogP contribution < -0.4 is 5.32 Å². The van der Waals surface area contributed by atoms with Gasteiger partial charge in [-0.1, -0.05) is 18.2 Å². The van der Waals surface area contributed by atoms with Crippen LogP contribution in [0.1, 0.15) is 5.56 Å². The first-order chi connectivity index (χ1) is 8.16. The SMILES string of the molecule is Fc1ccc(NCc2ccccc2F)c(F)c1. The molecule has 0 aliphatic carbocycles. The molecule has 0 saturated carbocycles. The maximum absolute atomic E-state index is 13.3. The Morgan fingerprint density at radius 3 is 2.35 bits per heavy atom. The van der Waals surface area contributed by atoms with E-state index in [9.17, 15) is 13.2 Å². The molecule has 1 nitrogen and oxygen atoms in total. The molecule has 0 unspecified atom stereocenters. The lowest BCUT2D eigenvalue weighted by molar-refractivity contribution is 0.584. The van der Waals surface area contributed by atoms with Crippen LogP contribution in [0.15, 0.2) is 42.5 Å². The van der Waals surface area contributed by atoms with Crippen molar-refractivity contribution in [1.29, 1.82) is 0 Å². The zero-order chi connectivity index (χ0) is 12.3. The van der Waals surface area contributed by atoms with E-state index < -0.39 is 11.6 Å². The summed E-state index contributed by atoms with van der Waals surface area (Å²) in [7, 11) is 0. The van der Waals surface area contributed by atoms with Crippen LogP contribution in [-0.2, 0) is 6.54 Å². The van der Waals surface area contributed by atoms with Gasteiger partial charge in [-0.05, 0) is 18.2 Å². The van der Waals surface area contributed by atoms with Crippen molar-refractivity contribution < 1.29 is 13.2 Å². The fourth-order valence-electron chi connectivity index (χ4n) is 1.47. The van der Waals surface area contributed by atoms with E-state index in [1.807, 2.05) is 0 Å². The number of nitrogens with one attached hydrogen (secondary N) is 1. The number of hydrogen-bond acceptors (Lipinski definition) is 1. The lowest BCUT2D eigenvalue weighted by atomic mass is 10.2. The number of halogens is 3. The van der Waals surface area contributed by atoms with Crippen molar-refractivity contribution in [1.82, 2.24) is 0 Å². The summed E-state index contributed by atoms with van der Waals surface area (Å²) in [4.78, 5) is 0. The topological polar surface area (TPSA) is 12.0 Å². The molecule has 88 valence electrons. The van der Waals surface area contributed by atoms with Crippen LogP contribution in [-0.4, -0.2) is 0 Å². The molecule has 0 aliphatic heterocycles. The monoisotopic (exact) mass is 237 g/mol. The fraction of sp³-hybridized carbons (Fsp3) is 0.0769. The molecule has 0 heterocycles. The molecule has 1 N–H and O–H groups in total. The lowest BCUT2D eigenvalue weighted by Gasteiger charge is -2.08. The molecule has 0 saturated heterocycles. The van der Waals surface area contributed by atoms with Gasteiger partial charge in [0.25, 0.3) is 0 Å². The Kier molecular flexibility index (Phi) is 3.32. The first-order valence-corrected chi connectivity index (χ1v) is 5.09. The van der Waals surface area contributed by atoms with Crippen LogP contribution in [0.5, 0.6) is 0 Å². The highest BCUT2D eigenvalue weighted by atomic mass is 19.1. The van der Waals surface area contributed by atoms with Crippen molar-refractivity contribution in [2.75, 3.05) is 5.32 Å². The van der Waals surface area contributed by atoms with E-state index in [4.69, 9.17) is 0 Å². The lowest BCUT2D eigenvalue weighted by Crippen LogP contribution is -2.03. The Bertz CT molecular complexity index is 526. The van der Waals surface area contributed by atoms with Crippen LogP contribution in [0.4, 0.5) is 18.9 Å². The maximum Gasteiger partial charge on any atom is 0.149 e. The van der Waals surface area contributed by atoms with Crippen molar-refractivity contribution in [3.05, 3.63) is 65.5 Å². The molecule has 4 heteroatoms. The number of hydrogen-bond donors (Lipinski definition) is 1. The standard InChI is InChI=1S/C13H10F3N/c14-10-5-6-13(12(16)7-10)17-8-9-3-1-2-4-11(9)15/h1-7,17H,8H2. The second kappa shape index (κ2) is 4.91. The van der Waals surface area contributed by atoms with Gasteiger partial charge in [0.2, 0.25) is 0 Å². The average Bonchev–Trinajstić information content (AvgIpc) is 2.30. The van der Waals surface area contributed by atoms with Crippen LogP contribution in [0, 0.1) is 17.5 Å². The first-order valence-electron chi connectivity index (χ1n) is 5.09. The minimum atomic E-state index is -0.693. The Morgan fingerprint density at radius 1 is 0.882 bits per heavy atom. The van der Waals surface area contributed by atoms with Crippen molar-refractivity contribution in [2.24, 2.45) is 0 Å².